The van der Waals surface area contributed by atoms with E-state index < -0.39 is 11.9 Å². The second-order valence-electron chi connectivity index (χ2n) is 7.98. The van der Waals surface area contributed by atoms with E-state index in [1.54, 1.807) is 13.0 Å². The highest BCUT2D eigenvalue weighted by molar-refractivity contribution is 7.17. The summed E-state index contributed by atoms with van der Waals surface area (Å²) < 4.78 is 11.1. The van der Waals surface area contributed by atoms with E-state index in [0.717, 1.165) is 67.9 Å². The summed E-state index contributed by atoms with van der Waals surface area (Å²) in [7, 11) is 0. The summed E-state index contributed by atoms with van der Waals surface area (Å²) in [5.41, 5.74) is 1.32. The minimum Gasteiger partial charge on any atom is -0.462 e. The first kappa shape index (κ1) is 22.2. The largest absolute Gasteiger partial charge is 0.462 e. The number of nitriles is 1. The van der Waals surface area contributed by atoms with Gasteiger partial charge in [-0.15, -0.1) is 11.3 Å². The lowest BCUT2D eigenvalue weighted by Crippen LogP contribution is -2.28. The number of nitrogens with one attached hydrogen (secondary N) is 1. The first-order chi connectivity index (χ1) is 15.6. The fourth-order valence-electron chi connectivity index (χ4n) is 4.24. The van der Waals surface area contributed by atoms with E-state index in [2.05, 4.69) is 10.2 Å². The molecular weight excluding hydrogens is 426 g/mol. The summed E-state index contributed by atoms with van der Waals surface area (Å²) in [6.07, 6.45) is 8.67. The molecule has 0 aromatic carbocycles. The molecule has 7 nitrogen and oxygen atoms in total. The van der Waals surface area contributed by atoms with Crippen LogP contribution in [0.25, 0.3) is 6.08 Å². The number of rotatable bonds is 6. The zero-order valence-electron chi connectivity index (χ0n) is 18.2. The molecule has 1 aliphatic carbocycles. The zero-order chi connectivity index (χ0) is 22.5. The van der Waals surface area contributed by atoms with Crippen LogP contribution in [0.15, 0.2) is 22.1 Å². The van der Waals surface area contributed by atoms with Crippen LogP contribution >= 0.6 is 11.3 Å². The summed E-state index contributed by atoms with van der Waals surface area (Å²) in [5.74, 6) is 0.215. The number of furan rings is 1. The summed E-state index contributed by atoms with van der Waals surface area (Å²) in [4.78, 5) is 28.8. The monoisotopic (exact) mass is 453 g/mol. The average molecular weight is 454 g/mol. The first-order valence-corrected chi connectivity index (χ1v) is 12.0. The van der Waals surface area contributed by atoms with Crippen LogP contribution in [0.2, 0.25) is 0 Å². The molecule has 3 heterocycles. The number of hydrogen-bond acceptors (Lipinski definition) is 7. The Bertz CT molecular complexity index is 1070. The molecule has 0 unspecified atom stereocenters. The van der Waals surface area contributed by atoms with E-state index in [-0.39, 0.29) is 12.2 Å². The van der Waals surface area contributed by atoms with Crippen molar-refractivity contribution in [3.05, 3.63) is 39.5 Å². The summed E-state index contributed by atoms with van der Waals surface area (Å²) >= 11 is 1.40. The number of anilines is 2. The predicted octanol–water partition coefficient (Wildman–Crippen LogP) is 4.93. The molecular formula is C24H27N3O4S. The van der Waals surface area contributed by atoms with E-state index >= 15 is 0 Å². The highest BCUT2D eigenvalue weighted by atomic mass is 32.1. The lowest BCUT2D eigenvalue weighted by Gasteiger charge is -2.25. The van der Waals surface area contributed by atoms with Crippen molar-refractivity contribution in [2.75, 3.05) is 29.9 Å². The van der Waals surface area contributed by atoms with Crippen molar-refractivity contribution >= 4 is 40.2 Å². The zero-order valence-corrected chi connectivity index (χ0v) is 19.1. The van der Waals surface area contributed by atoms with E-state index in [1.807, 2.05) is 12.1 Å². The Balaban J connectivity index is 1.55. The van der Waals surface area contributed by atoms with Crippen molar-refractivity contribution in [2.45, 2.75) is 51.9 Å². The maximum Gasteiger partial charge on any atom is 0.341 e. The van der Waals surface area contributed by atoms with Crippen LogP contribution in [0.4, 0.5) is 10.9 Å². The van der Waals surface area contributed by atoms with E-state index in [4.69, 9.17) is 9.15 Å². The van der Waals surface area contributed by atoms with E-state index in [9.17, 15) is 14.9 Å². The van der Waals surface area contributed by atoms with Crippen LogP contribution in [0, 0.1) is 11.3 Å². The van der Waals surface area contributed by atoms with Gasteiger partial charge in [-0.25, -0.2) is 4.79 Å². The van der Waals surface area contributed by atoms with Crippen LogP contribution < -0.4 is 10.2 Å². The molecule has 168 valence electrons. The Hall–Kier alpha value is -3.05. The quantitative estimate of drug-likeness (QED) is 0.378. The molecule has 2 aromatic heterocycles. The van der Waals surface area contributed by atoms with Gasteiger partial charge in [0.25, 0.3) is 5.91 Å². The minimum absolute atomic E-state index is 0.0780. The van der Waals surface area contributed by atoms with Crippen LogP contribution in [-0.2, 0) is 22.4 Å². The topological polar surface area (TPSA) is 95.6 Å². The molecule has 1 N–H and O–H groups in total. The molecule has 32 heavy (non-hydrogen) atoms. The number of aryl methyl sites for hydroxylation is 1. The first-order valence-electron chi connectivity index (χ1n) is 11.2. The third-order valence-electron chi connectivity index (χ3n) is 5.81. The highest BCUT2D eigenvalue weighted by Gasteiger charge is 2.28. The second-order valence-corrected chi connectivity index (χ2v) is 9.09. The maximum atomic E-state index is 12.9. The third kappa shape index (κ3) is 4.73. The minimum atomic E-state index is -0.562. The van der Waals surface area contributed by atoms with Gasteiger partial charge in [-0.2, -0.15) is 5.26 Å². The molecule has 1 amide bonds. The Kier molecular flexibility index (Phi) is 6.96. The summed E-state index contributed by atoms with van der Waals surface area (Å²) in [6, 6.07) is 5.60. The van der Waals surface area contributed by atoms with Gasteiger partial charge in [-0.1, -0.05) is 0 Å². The highest BCUT2D eigenvalue weighted by Crippen LogP contribution is 2.39. The fourth-order valence-corrected chi connectivity index (χ4v) is 5.51. The molecule has 0 radical (unpaired) electrons. The smallest absolute Gasteiger partial charge is 0.341 e. The Morgan fingerprint density at radius 2 is 2.00 bits per heavy atom. The fraction of sp³-hybridized carbons (Fsp3) is 0.458. The number of piperidine rings is 1. The molecule has 2 aromatic rings. The Morgan fingerprint density at radius 1 is 1.22 bits per heavy atom. The number of amides is 1. The lowest BCUT2D eigenvalue weighted by atomic mass is 9.95. The standard InChI is InChI=1S/C24H27N3O4S/c1-2-30-24(29)21-18-8-4-5-9-19(18)32-23(21)26-22(28)16(15-25)14-17-10-11-20(31-17)27-12-6-3-7-13-27/h10-11,14H,2-9,12-13H2,1H3,(H,26,28)/b16-14-. The number of carbonyl (C=O) groups excluding carboxylic acids is 2. The van der Waals surface area contributed by atoms with Gasteiger partial charge in [0.2, 0.25) is 0 Å². The molecule has 0 spiro atoms. The number of carbonyl (C=O) groups is 2. The Labute approximate surface area is 191 Å². The van der Waals surface area contributed by atoms with Crippen molar-refractivity contribution in [3.8, 4) is 6.07 Å². The molecule has 1 saturated heterocycles. The number of ether oxygens (including phenoxy) is 1. The molecule has 1 aliphatic heterocycles. The summed E-state index contributed by atoms with van der Waals surface area (Å²) in [6.45, 7) is 3.91. The van der Waals surface area contributed by atoms with Crippen molar-refractivity contribution in [2.24, 2.45) is 0 Å². The molecule has 4 rings (SSSR count). The van der Waals surface area contributed by atoms with Gasteiger partial charge >= 0.3 is 5.97 Å². The summed E-state index contributed by atoms with van der Waals surface area (Å²) in [5, 5.41) is 12.8. The van der Waals surface area contributed by atoms with Crippen LogP contribution in [0.5, 0.6) is 0 Å². The van der Waals surface area contributed by atoms with Crippen molar-refractivity contribution in [1.82, 2.24) is 0 Å². The molecule has 2 aliphatic rings. The van der Waals surface area contributed by atoms with Gasteiger partial charge in [0.15, 0.2) is 5.88 Å². The van der Waals surface area contributed by atoms with Gasteiger partial charge in [-0.3, -0.25) is 4.79 Å². The van der Waals surface area contributed by atoms with Gasteiger partial charge in [0.1, 0.15) is 22.4 Å². The second kappa shape index (κ2) is 10.0. The molecule has 0 atom stereocenters. The third-order valence-corrected chi connectivity index (χ3v) is 7.02. The molecule has 8 heteroatoms. The van der Waals surface area contributed by atoms with Crippen LogP contribution in [0.1, 0.15) is 65.6 Å². The maximum absolute atomic E-state index is 12.9. The number of fused-ring (bicyclic) bond motifs is 1. The van der Waals surface area contributed by atoms with Gasteiger partial charge in [0, 0.05) is 30.1 Å². The lowest BCUT2D eigenvalue weighted by molar-refractivity contribution is -0.112. The van der Waals surface area contributed by atoms with Gasteiger partial charge in [0.05, 0.1) is 12.2 Å². The van der Waals surface area contributed by atoms with Crippen LogP contribution in [-0.4, -0.2) is 31.6 Å². The van der Waals surface area contributed by atoms with E-state index in [0.29, 0.717) is 16.3 Å². The average Bonchev–Trinajstić information content (AvgIpc) is 3.42. The normalized spacial score (nSPS) is 16.2. The SMILES string of the molecule is CCOC(=O)c1c(NC(=O)/C(C#N)=C\c2ccc(N3CCCCC3)o2)sc2c1CCCC2. The van der Waals surface area contributed by atoms with Crippen molar-refractivity contribution in [1.29, 1.82) is 5.26 Å². The van der Waals surface area contributed by atoms with Crippen molar-refractivity contribution in [3.63, 3.8) is 0 Å². The van der Waals surface area contributed by atoms with E-state index in [1.165, 1.54) is 23.8 Å². The predicted molar refractivity (Wildman–Crippen MR) is 124 cm³/mol. The number of esters is 1. The van der Waals surface area contributed by atoms with Crippen LogP contribution in [0.3, 0.4) is 0 Å². The van der Waals surface area contributed by atoms with Crippen molar-refractivity contribution < 1.29 is 18.7 Å². The van der Waals surface area contributed by atoms with Gasteiger partial charge in [-0.05, 0) is 63.5 Å². The molecule has 1 fully saturated rings. The number of nitrogens with zero attached hydrogens (tertiary/aromatic N) is 2. The number of thiophene rings is 1. The Morgan fingerprint density at radius 3 is 2.75 bits per heavy atom. The molecule has 0 bridgehead atoms. The van der Waals surface area contributed by atoms with Gasteiger partial charge < -0.3 is 19.4 Å². The number of hydrogen-bond donors (Lipinski definition) is 1. The molecule has 0 saturated carbocycles.